The van der Waals surface area contributed by atoms with Crippen LogP contribution in [0.3, 0.4) is 0 Å². The van der Waals surface area contributed by atoms with E-state index in [1.807, 2.05) is 61.7 Å². The third-order valence-electron chi connectivity index (χ3n) is 4.84. The first-order valence-electron chi connectivity index (χ1n) is 8.71. The van der Waals surface area contributed by atoms with Gasteiger partial charge in [-0.25, -0.2) is 4.79 Å². The molecular weight excluding hydrogens is 324 g/mol. The molecule has 0 aliphatic heterocycles. The highest BCUT2D eigenvalue weighted by Crippen LogP contribution is 2.38. The zero-order valence-corrected chi connectivity index (χ0v) is 14.8. The Hall–Kier alpha value is -3.27. The molecule has 4 aromatic rings. The Kier molecular flexibility index (Phi) is 3.88. The molecule has 4 rings (SSSR count). The van der Waals surface area contributed by atoms with Crippen molar-refractivity contribution < 1.29 is 9.90 Å². The number of benzene rings is 2. The Morgan fingerprint density at radius 2 is 1.92 bits per heavy atom. The molecule has 0 radical (unpaired) electrons. The summed E-state index contributed by atoms with van der Waals surface area (Å²) in [6.07, 6.45) is 2.64. The summed E-state index contributed by atoms with van der Waals surface area (Å²) in [5, 5.41) is 10.9. The number of aryl methyl sites for hydroxylation is 1. The van der Waals surface area contributed by atoms with E-state index in [0.717, 1.165) is 50.8 Å². The second kappa shape index (κ2) is 6.23. The van der Waals surface area contributed by atoms with Crippen LogP contribution in [0, 0.1) is 6.92 Å². The Labute approximate surface area is 151 Å². The number of carboxylic acids is 1. The minimum Gasteiger partial charge on any atom is -0.477 e. The number of aromatic amines is 2. The largest absolute Gasteiger partial charge is 0.477 e. The molecule has 2 aromatic carbocycles. The first-order chi connectivity index (χ1) is 12.6. The van der Waals surface area contributed by atoms with Gasteiger partial charge in [0.1, 0.15) is 5.69 Å². The second-order valence-corrected chi connectivity index (χ2v) is 6.50. The van der Waals surface area contributed by atoms with E-state index in [2.05, 4.69) is 16.9 Å². The molecule has 0 saturated carbocycles. The first kappa shape index (κ1) is 16.2. The summed E-state index contributed by atoms with van der Waals surface area (Å²) in [4.78, 5) is 18.4. The van der Waals surface area contributed by atoms with E-state index in [1.165, 1.54) is 0 Å². The highest BCUT2D eigenvalue weighted by Gasteiger charge is 2.23. The fraction of sp³-hybridized carbons (Fsp3) is 0.136. The summed E-state index contributed by atoms with van der Waals surface area (Å²) >= 11 is 0. The minimum absolute atomic E-state index is 0.245. The lowest BCUT2D eigenvalue weighted by Crippen LogP contribution is -1.99. The third-order valence-corrected chi connectivity index (χ3v) is 4.84. The Balaban J connectivity index is 2.05. The minimum atomic E-state index is -0.941. The van der Waals surface area contributed by atoms with Gasteiger partial charge in [0.2, 0.25) is 0 Å². The van der Waals surface area contributed by atoms with Gasteiger partial charge in [0.25, 0.3) is 0 Å². The quantitative estimate of drug-likeness (QED) is 0.464. The van der Waals surface area contributed by atoms with Gasteiger partial charge in [0.05, 0.1) is 5.69 Å². The number of nitrogens with one attached hydrogen (secondary N) is 2. The molecule has 0 bridgehead atoms. The maximum absolute atomic E-state index is 12.0. The molecule has 0 atom stereocenters. The van der Waals surface area contributed by atoms with Crippen molar-refractivity contribution in [1.82, 2.24) is 9.97 Å². The van der Waals surface area contributed by atoms with Crippen LogP contribution in [0.2, 0.25) is 0 Å². The summed E-state index contributed by atoms with van der Waals surface area (Å²) in [6.45, 7) is 4.08. The van der Waals surface area contributed by atoms with Crippen molar-refractivity contribution in [2.75, 3.05) is 0 Å². The zero-order valence-electron chi connectivity index (χ0n) is 14.8. The molecule has 0 aliphatic rings. The van der Waals surface area contributed by atoms with Gasteiger partial charge >= 0.3 is 5.97 Å². The molecule has 0 amide bonds. The van der Waals surface area contributed by atoms with Crippen LogP contribution >= 0.6 is 0 Å². The number of hydrogen-bond acceptors (Lipinski definition) is 1. The fourth-order valence-corrected chi connectivity index (χ4v) is 3.71. The Bertz CT molecular complexity index is 1120. The predicted molar refractivity (Wildman–Crippen MR) is 105 cm³/mol. The standard InChI is InChI=1S/C22H20N2O2/c1-3-15-19(14-7-4-6-13(2)12-14)21(22(25)26)24-20(15)17-8-5-9-18-16(17)10-11-23-18/h4-12,23-24H,3H2,1-2H3,(H,25,26). The molecule has 0 spiro atoms. The SMILES string of the molecule is CCc1c(-c2cccc3[nH]ccc23)[nH]c(C(=O)O)c1-c1cccc(C)c1. The molecular formula is C22H20N2O2. The predicted octanol–water partition coefficient (Wildman–Crippen LogP) is 5.40. The van der Waals surface area contributed by atoms with E-state index in [0.29, 0.717) is 0 Å². The molecule has 0 fully saturated rings. The van der Waals surface area contributed by atoms with E-state index >= 15 is 0 Å². The lowest BCUT2D eigenvalue weighted by atomic mass is 9.94. The summed E-state index contributed by atoms with van der Waals surface area (Å²) in [6, 6.07) is 16.1. The van der Waals surface area contributed by atoms with Gasteiger partial charge in [-0.3, -0.25) is 0 Å². The molecule has 0 aliphatic carbocycles. The monoisotopic (exact) mass is 344 g/mol. The number of aromatic nitrogens is 2. The highest BCUT2D eigenvalue weighted by atomic mass is 16.4. The summed E-state index contributed by atoms with van der Waals surface area (Å²) in [7, 11) is 0. The van der Waals surface area contributed by atoms with Gasteiger partial charge in [0, 0.05) is 28.2 Å². The van der Waals surface area contributed by atoms with Crippen LogP contribution in [-0.4, -0.2) is 21.0 Å². The molecule has 4 nitrogen and oxygen atoms in total. The van der Waals surface area contributed by atoms with Crippen molar-refractivity contribution >= 4 is 16.9 Å². The molecule has 2 heterocycles. The molecule has 2 aromatic heterocycles. The van der Waals surface area contributed by atoms with Crippen molar-refractivity contribution in [3.05, 3.63) is 71.5 Å². The van der Waals surface area contributed by atoms with Crippen molar-refractivity contribution in [2.24, 2.45) is 0 Å². The van der Waals surface area contributed by atoms with E-state index < -0.39 is 5.97 Å². The molecule has 3 N–H and O–H groups in total. The van der Waals surface area contributed by atoms with Gasteiger partial charge < -0.3 is 15.1 Å². The lowest BCUT2D eigenvalue weighted by Gasteiger charge is -2.08. The number of rotatable bonds is 4. The number of hydrogen-bond donors (Lipinski definition) is 3. The van der Waals surface area contributed by atoms with Crippen molar-refractivity contribution in [3.63, 3.8) is 0 Å². The lowest BCUT2D eigenvalue weighted by molar-refractivity contribution is 0.0692. The first-order valence-corrected chi connectivity index (χ1v) is 8.71. The summed E-state index contributed by atoms with van der Waals surface area (Å²) in [5.41, 5.74) is 7.03. The van der Waals surface area contributed by atoms with Crippen LogP contribution in [0.5, 0.6) is 0 Å². The third kappa shape index (κ3) is 2.51. The van der Waals surface area contributed by atoms with E-state index in [-0.39, 0.29) is 5.69 Å². The van der Waals surface area contributed by atoms with E-state index in [4.69, 9.17) is 0 Å². The number of aromatic carboxylic acids is 1. The average Bonchev–Trinajstić information content (AvgIpc) is 3.25. The molecule has 26 heavy (non-hydrogen) atoms. The summed E-state index contributed by atoms with van der Waals surface area (Å²) < 4.78 is 0. The molecule has 4 heteroatoms. The number of fused-ring (bicyclic) bond motifs is 1. The molecule has 130 valence electrons. The Morgan fingerprint density at radius 1 is 1.12 bits per heavy atom. The van der Waals surface area contributed by atoms with E-state index in [9.17, 15) is 9.90 Å². The van der Waals surface area contributed by atoms with Crippen LogP contribution in [0.25, 0.3) is 33.3 Å². The van der Waals surface area contributed by atoms with Crippen molar-refractivity contribution in [3.8, 4) is 22.4 Å². The van der Waals surface area contributed by atoms with Gasteiger partial charge in [-0.2, -0.15) is 0 Å². The highest BCUT2D eigenvalue weighted by molar-refractivity contribution is 6.02. The van der Waals surface area contributed by atoms with Crippen LogP contribution in [0.1, 0.15) is 28.5 Å². The topological polar surface area (TPSA) is 68.9 Å². The zero-order chi connectivity index (χ0) is 18.3. The number of carbonyl (C=O) groups is 1. The second-order valence-electron chi connectivity index (χ2n) is 6.50. The van der Waals surface area contributed by atoms with E-state index in [1.54, 1.807) is 0 Å². The average molecular weight is 344 g/mol. The maximum atomic E-state index is 12.0. The van der Waals surface area contributed by atoms with Crippen molar-refractivity contribution in [2.45, 2.75) is 20.3 Å². The van der Waals surface area contributed by atoms with Gasteiger partial charge in [-0.1, -0.05) is 48.9 Å². The summed E-state index contributed by atoms with van der Waals surface area (Å²) in [5.74, 6) is -0.941. The van der Waals surface area contributed by atoms with Gasteiger partial charge in [-0.15, -0.1) is 0 Å². The fourth-order valence-electron chi connectivity index (χ4n) is 3.71. The molecule has 0 unspecified atom stereocenters. The Morgan fingerprint density at radius 3 is 2.65 bits per heavy atom. The maximum Gasteiger partial charge on any atom is 0.352 e. The smallest absolute Gasteiger partial charge is 0.352 e. The number of carboxylic acid groups (broad SMARTS) is 1. The van der Waals surface area contributed by atoms with Gasteiger partial charge in [0.15, 0.2) is 0 Å². The van der Waals surface area contributed by atoms with Crippen molar-refractivity contribution in [1.29, 1.82) is 0 Å². The molecule has 0 saturated heterocycles. The van der Waals surface area contributed by atoms with Crippen LogP contribution in [0.4, 0.5) is 0 Å². The number of H-pyrrole nitrogens is 2. The van der Waals surface area contributed by atoms with Crippen LogP contribution in [0.15, 0.2) is 54.7 Å². The van der Waals surface area contributed by atoms with Crippen LogP contribution in [-0.2, 0) is 6.42 Å². The normalized spacial score (nSPS) is 11.2. The van der Waals surface area contributed by atoms with Gasteiger partial charge in [-0.05, 0) is 36.6 Å². The van der Waals surface area contributed by atoms with Crippen LogP contribution < -0.4 is 0 Å².